The van der Waals surface area contributed by atoms with E-state index in [2.05, 4.69) is 24.2 Å². The van der Waals surface area contributed by atoms with Gasteiger partial charge in [0.25, 0.3) is 0 Å². The predicted octanol–water partition coefficient (Wildman–Crippen LogP) is 0.722. The van der Waals surface area contributed by atoms with Gasteiger partial charge in [0.1, 0.15) is 0 Å². The third-order valence-corrected chi connectivity index (χ3v) is 3.63. The SMILES string of the molecule is CCCCOCCOCC(O)CNCC1CCN(C)C1. The molecule has 1 rings (SSSR count). The van der Waals surface area contributed by atoms with Gasteiger partial charge in [-0.25, -0.2) is 0 Å². The molecule has 0 amide bonds. The van der Waals surface area contributed by atoms with Crippen LogP contribution in [0.1, 0.15) is 26.2 Å². The molecule has 1 fully saturated rings. The standard InChI is InChI=1S/C15H32N2O3/c1-3-4-7-19-8-9-20-13-15(18)11-16-10-14-5-6-17(2)12-14/h14-16,18H,3-13H2,1-2H3. The molecule has 0 saturated carbocycles. The Morgan fingerprint density at radius 2 is 2.10 bits per heavy atom. The van der Waals surface area contributed by atoms with Crippen molar-refractivity contribution < 1.29 is 14.6 Å². The molecule has 0 aromatic rings. The summed E-state index contributed by atoms with van der Waals surface area (Å²) >= 11 is 0. The van der Waals surface area contributed by atoms with Crippen LogP contribution in [0.4, 0.5) is 0 Å². The number of nitrogens with zero attached hydrogens (tertiary/aromatic N) is 1. The summed E-state index contributed by atoms with van der Waals surface area (Å²) in [5, 5.41) is 13.1. The topological polar surface area (TPSA) is 54.0 Å². The lowest BCUT2D eigenvalue weighted by molar-refractivity contribution is 0.00377. The zero-order valence-electron chi connectivity index (χ0n) is 13.1. The van der Waals surface area contributed by atoms with Crippen LogP contribution in [-0.4, -0.2) is 75.8 Å². The first-order chi connectivity index (χ1) is 9.72. The molecule has 2 N–H and O–H groups in total. The van der Waals surface area contributed by atoms with E-state index in [4.69, 9.17) is 9.47 Å². The van der Waals surface area contributed by atoms with Crippen LogP contribution in [0.3, 0.4) is 0 Å². The van der Waals surface area contributed by atoms with E-state index in [0.29, 0.717) is 26.4 Å². The average Bonchev–Trinajstić information content (AvgIpc) is 2.83. The van der Waals surface area contributed by atoms with Crippen molar-refractivity contribution in [2.45, 2.75) is 32.3 Å². The third-order valence-electron chi connectivity index (χ3n) is 3.63. The molecule has 0 bridgehead atoms. The van der Waals surface area contributed by atoms with Crippen LogP contribution in [0, 0.1) is 5.92 Å². The fraction of sp³-hybridized carbons (Fsp3) is 1.00. The minimum atomic E-state index is -0.426. The molecule has 5 heteroatoms. The molecule has 0 aromatic heterocycles. The first-order valence-electron chi connectivity index (χ1n) is 7.95. The van der Waals surface area contributed by atoms with Crippen molar-refractivity contribution in [3.63, 3.8) is 0 Å². The molecule has 2 atom stereocenters. The lowest BCUT2D eigenvalue weighted by Gasteiger charge is -2.15. The van der Waals surface area contributed by atoms with E-state index in [1.165, 1.54) is 13.0 Å². The Morgan fingerprint density at radius 3 is 2.80 bits per heavy atom. The molecule has 5 nitrogen and oxygen atoms in total. The van der Waals surface area contributed by atoms with Gasteiger partial charge in [-0.05, 0) is 38.9 Å². The highest BCUT2D eigenvalue weighted by molar-refractivity contribution is 4.75. The zero-order chi connectivity index (χ0) is 14.6. The van der Waals surface area contributed by atoms with Crippen LogP contribution in [0.15, 0.2) is 0 Å². The van der Waals surface area contributed by atoms with Gasteiger partial charge in [0, 0.05) is 19.7 Å². The largest absolute Gasteiger partial charge is 0.389 e. The molecule has 2 unspecified atom stereocenters. The smallest absolute Gasteiger partial charge is 0.0897 e. The predicted molar refractivity (Wildman–Crippen MR) is 81.0 cm³/mol. The molecule has 120 valence electrons. The highest BCUT2D eigenvalue weighted by Crippen LogP contribution is 2.12. The van der Waals surface area contributed by atoms with E-state index in [1.807, 2.05) is 0 Å². The van der Waals surface area contributed by atoms with Gasteiger partial charge in [0.2, 0.25) is 0 Å². The summed E-state index contributed by atoms with van der Waals surface area (Å²) in [7, 11) is 2.16. The molecule has 0 aliphatic carbocycles. The van der Waals surface area contributed by atoms with Crippen molar-refractivity contribution in [3.05, 3.63) is 0 Å². The number of hydrogen-bond donors (Lipinski definition) is 2. The molecule has 0 aromatic carbocycles. The van der Waals surface area contributed by atoms with E-state index in [9.17, 15) is 5.11 Å². The highest BCUT2D eigenvalue weighted by atomic mass is 16.5. The minimum absolute atomic E-state index is 0.384. The van der Waals surface area contributed by atoms with Gasteiger partial charge in [-0.3, -0.25) is 0 Å². The fourth-order valence-corrected chi connectivity index (χ4v) is 2.39. The van der Waals surface area contributed by atoms with Crippen LogP contribution in [-0.2, 0) is 9.47 Å². The average molecular weight is 288 g/mol. The summed E-state index contributed by atoms with van der Waals surface area (Å²) in [4.78, 5) is 2.35. The van der Waals surface area contributed by atoms with Gasteiger partial charge in [-0.15, -0.1) is 0 Å². The number of hydrogen-bond acceptors (Lipinski definition) is 5. The minimum Gasteiger partial charge on any atom is -0.389 e. The van der Waals surface area contributed by atoms with Gasteiger partial charge in [-0.1, -0.05) is 13.3 Å². The summed E-state index contributed by atoms with van der Waals surface area (Å²) in [6, 6.07) is 0. The van der Waals surface area contributed by atoms with Gasteiger partial charge >= 0.3 is 0 Å². The lowest BCUT2D eigenvalue weighted by atomic mass is 10.1. The third kappa shape index (κ3) is 8.87. The zero-order valence-corrected chi connectivity index (χ0v) is 13.1. The first kappa shape index (κ1) is 17.9. The van der Waals surface area contributed by atoms with Crippen LogP contribution in [0.5, 0.6) is 0 Å². The molecular weight excluding hydrogens is 256 g/mol. The van der Waals surface area contributed by atoms with Crippen molar-refractivity contribution >= 4 is 0 Å². The van der Waals surface area contributed by atoms with E-state index in [-0.39, 0.29) is 0 Å². The fourth-order valence-electron chi connectivity index (χ4n) is 2.39. The van der Waals surface area contributed by atoms with E-state index in [1.54, 1.807) is 0 Å². The number of aliphatic hydroxyl groups excluding tert-OH is 1. The Hall–Kier alpha value is -0.200. The van der Waals surface area contributed by atoms with Crippen LogP contribution in [0.25, 0.3) is 0 Å². The molecule has 1 aliphatic rings. The second-order valence-corrected chi connectivity index (χ2v) is 5.77. The number of likely N-dealkylation sites (tertiary alicyclic amines) is 1. The number of rotatable bonds is 12. The Kier molecular flexibility index (Phi) is 10.2. The molecular formula is C15H32N2O3. The number of nitrogens with one attached hydrogen (secondary N) is 1. The first-order valence-corrected chi connectivity index (χ1v) is 7.95. The van der Waals surface area contributed by atoms with Gasteiger partial charge in [0.05, 0.1) is 25.9 Å². The molecule has 20 heavy (non-hydrogen) atoms. The van der Waals surface area contributed by atoms with Crippen LogP contribution < -0.4 is 5.32 Å². The molecule has 1 heterocycles. The summed E-state index contributed by atoms with van der Waals surface area (Å²) in [6.45, 7) is 8.47. The molecule has 1 aliphatic heterocycles. The van der Waals surface area contributed by atoms with Gasteiger partial charge < -0.3 is 24.8 Å². The van der Waals surface area contributed by atoms with Crippen LogP contribution >= 0.6 is 0 Å². The Morgan fingerprint density at radius 1 is 1.30 bits per heavy atom. The van der Waals surface area contributed by atoms with Crippen molar-refractivity contribution in [3.8, 4) is 0 Å². The molecule has 0 radical (unpaired) electrons. The van der Waals surface area contributed by atoms with Gasteiger partial charge in [-0.2, -0.15) is 0 Å². The highest BCUT2D eigenvalue weighted by Gasteiger charge is 2.18. The maximum atomic E-state index is 9.78. The van der Waals surface area contributed by atoms with Crippen molar-refractivity contribution in [2.24, 2.45) is 5.92 Å². The monoisotopic (exact) mass is 288 g/mol. The summed E-state index contributed by atoms with van der Waals surface area (Å²) in [5.41, 5.74) is 0. The molecule has 1 saturated heterocycles. The Bertz CT molecular complexity index is 229. The summed E-state index contributed by atoms with van der Waals surface area (Å²) in [6.07, 6.45) is 3.08. The maximum Gasteiger partial charge on any atom is 0.0897 e. The number of ether oxygens (including phenoxy) is 2. The lowest BCUT2D eigenvalue weighted by Crippen LogP contribution is -2.34. The van der Waals surface area contributed by atoms with Crippen LogP contribution in [0.2, 0.25) is 0 Å². The summed E-state index contributed by atoms with van der Waals surface area (Å²) < 4.78 is 10.8. The normalized spacial score (nSPS) is 21.4. The Balaban J connectivity index is 1.84. The van der Waals surface area contributed by atoms with Crippen molar-refractivity contribution in [1.29, 1.82) is 0 Å². The van der Waals surface area contributed by atoms with Crippen molar-refractivity contribution in [2.75, 3.05) is 59.7 Å². The van der Waals surface area contributed by atoms with E-state index in [0.717, 1.165) is 38.5 Å². The second-order valence-electron chi connectivity index (χ2n) is 5.77. The summed E-state index contributed by atoms with van der Waals surface area (Å²) in [5.74, 6) is 0.722. The number of aliphatic hydroxyl groups is 1. The van der Waals surface area contributed by atoms with E-state index >= 15 is 0 Å². The van der Waals surface area contributed by atoms with Crippen molar-refractivity contribution in [1.82, 2.24) is 10.2 Å². The Labute approximate surface area is 123 Å². The van der Waals surface area contributed by atoms with Gasteiger partial charge in [0.15, 0.2) is 0 Å². The quantitative estimate of drug-likeness (QED) is 0.518. The molecule has 0 spiro atoms. The maximum absolute atomic E-state index is 9.78. The number of unbranched alkanes of at least 4 members (excludes halogenated alkanes) is 1. The van der Waals surface area contributed by atoms with E-state index < -0.39 is 6.10 Å². The second kappa shape index (κ2) is 11.5.